The largest absolute Gasteiger partial charge is 0.388 e. The average Bonchev–Trinajstić information content (AvgIpc) is 2.35. The molecule has 0 rings (SSSR count). The second-order valence-electron chi connectivity index (χ2n) is 2.76. The number of rotatable bonds is 11. The zero-order chi connectivity index (χ0) is 14.1. The summed E-state index contributed by atoms with van der Waals surface area (Å²) < 4.78 is 43.5. The zero-order valence-electron chi connectivity index (χ0n) is 11.0. The van der Waals surface area contributed by atoms with Crippen molar-refractivity contribution in [1.82, 2.24) is 0 Å². The van der Waals surface area contributed by atoms with Crippen LogP contribution in [0.2, 0.25) is 0 Å². The zero-order valence-corrected chi connectivity index (χ0v) is 14.4. The van der Waals surface area contributed by atoms with Gasteiger partial charge in [0, 0.05) is 25.7 Å². The Hall–Kier alpha value is 1.00. The average molecular weight is 338 g/mol. The monoisotopic (exact) mass is 338 g/mol. The lowest BCUT2D eigenvalue weighted by Gasteiger charge is -2.16. The van der Waals surface area contributed by atoms with E-state index < -0.39 is 13.6 Å². The molecule has 2 atom stereocenters. The van der Waals surface area contributed by atoms with Crippen molar-refractivity contribution in [2.45, 2.75) is 13.8 Å². The Morgan fingerprint density at radius 1 is 0.833 bits per heavy atom. The Labute approximate surface area is 116 Å². The predicted octanol–water partition coefficient (Wildman–Crippen LogP) is 4.03. The molecule has 6 nitrogen and oxygen atoms in total. The van der Waals surface area contributed by atoms with Gasteiger partial charge in [-0.05, 0) is 36.6 Å². The summed E-state index contributed by atoms with van der Waals surface area (Å²) in [6.45, 7) is -2.02. The third kappa shape index (κ3) is 7.56. The summed E-state index contributed by atoms with van der Waals surface area (Å²) in [5, 5.41) is 0. The number of hydrogen-bond donors (Lipinski definition) is 0. The highest BCUT2D eigenvalue weighted by atomic mass is 32.7. The van der Waals surface area contributed by atoms with Gasteiger partial charge >= 0.3 is 13.6 Å². The summed E-state index contributed by atoms with van der Waals surface area (Å²) in [7, 11) is 2.69. The molecule has 0 heterocycles. The van der Waals surface area contributed by atoms with Crippen molar-refractivity contribution in [2.75, 3.05) is 38.9 Å². The fourth-order valence-corrected chi connectivity index (χ4v) is 7.54. The molecule has 0 amide bonds. The van der Waals surface area contributed by atoms with Gasteiger partial charge in [-0.3, -0.25) is 0 Å². The van der Waals surface area contributed by atoms with Gasteiger partial charge < -0.3 is 18.1 Å². The van der Waals surface area contributed by atoms with Crippen LogP contribution in [0.25, 0.3) is 0 Å². The first-order chi connectivity index (χ1) is 8.45. The molecule has 0 aromatic carbocycles. The molecule has 18 heavy (non-hydrogen) atoms. The van der Waals surface area contributed by atoms with Crippen molar-refractivity contribution in [3.8, 4) is 0 Å². The normalized spacial score (nSPS) is 18.2. The molecule has 0 saturated heterocycles. The van der Waals surface area contributed by atoms with Crippen LogP contribution in [0.3, 0.4) is 0 Å². The van der Waals surface area contributed by atoms with Crippen molar-refractivity contribution in [3.05, 3.63) is 0 Å². The highest BCUT2D eigenvalue weighted by Crippen LogP contribution is 2.63. The van der Waals surface area contributed by atoms with Gasteiger partial charge in [-0.1, -0.05) is 0 Å². The van der Waals surface area contributed by atoms with Crippen LogP contribution in [0.4, 0.5) is 0 Å². The van der Waals surface area contributed by atoms with Crippen molar-refractivity contribution >= 4 is 36.4 Å². The van der Waals surface area contributed by atoms with E-state index in [0.29, 0.717) is 24.7 Å². The quantitative estimate of drug-likeness (QED) is 0.413. The van der Waals surface area contributed by atoms with Crippen LogP contribution in [0.5, 0.6) is 0 Å². The first-order valence-corrected chi connectivity index (χ1v) is 11.6. The minimum absolute atomic E-state index is 0.320. The van der Waals surface area contributed by atoms with E-state index in [1.807, 2.05) is 0 Å². The predicted molar refractivity (Wildman–Crippen MR) is 77.4 cm³/mol. The molecule has 0 bridgehead atoms. The summed E-state index contributed by atoms with van der Waals surface area (Å²) in [5.41, 5.74) is 0. The first-order valence-electron chi connectivity index (χ1n) is 5.35. The van der Waals surface area contributed by atoms with Crippen molar-refractivity contribution < 1.29 is 27.2 Å². The van der Waals surface area contributed by atoms with Crippen LogP contribution >= 0.6 is 36.4 Å². The topological polar surface area (TPSA) is 71.1 Å². The Morgan fingerprint density at radius 2 is 1.17 bits per heavy atom. The molecule has 0 saturated carbocycles. The standard InChI is InChI=1S/C8H20O6P2S2/c1-5-13-15(9,11-3)17-7-8-18-16(10,12-4)14-6-2/h5-8H2,1-4H3. The lowest BCUT2D eigenvalue weighted by molar-refractivity contribution is 0.261. The minimum atomic E-state index is -3.07. The van der Waals surface area contributed by atoms with Crippen LogP contribution in [-0.4, -0.2) is 38.9 Å². The second kappa shape index (κ2) is 9.83. The first kappa shape index (κ1) is 19.0. The van der Waals surface area contributed by atoms with Crippen LogP contribution in [0, 0.1) is 0 Å². The van der Waals surface area contributed by atoms with E-state index in [0.717, 1.165) is 22.8 Å². The molecule has 0 aromatic heterocycles. The van der Waals surface area contributed by atoms with E-state index >= 15 is 0 Å². The van der Waals surface area contributed by atoms with Gasteiger partial charge in [-0.2, -0.15) is 0 Å². The molecule has 0 aliphatic carbocycles. The maximum Gasteiger partial charge on any atom is 0.388 e. The molecule has 0 fully saturated rings. The van der Waals surface area contributed by atoms with Crippen LogP contribution < -0.4 is 0 Å². The second-order valence-corrected chi connectivity index (χ2v) is 11.4. The maximum absolute atomic E-state index is 11.9. The molecule has 110 valence electrons. The van der Waals surface area contributed by atoms with Crippen molar-refractivity contribution in [1.29, 1.82) is 0 Å². The molecule has 0 aromatic rings. The molecule has 10 heteroatoms. The van der Waals surface area contributed by atoms with E-state index in [2.05, 4.69) is 0 Å². The van der Waals surface area contributed by atoms with Gasteiger partial charge in [0.2, 0.25) is 0 Å². The number of hydrogen-bond acceptors (Lipinski definition) is 8. The smallest absolute Gasteiger partial charge is 0.304 e. The van der Waals surface area contributed by atoms with Gasteiger partial charge in [0.25, 0.3) is 0 Å². The summed E-state index contributed by atoms with van der Waals surface area (Å²) in [5.74, 6) is 0.937. The van der Waals surface area contributed by atoms with E-state index in [4.69, 9.17) is 18.1 Å². The molecule has 0 spiro atoms. The Bertz CT molecular complexity index is 284. The van der Waals surface area contributed by atoms with Gasteiger partial charge in [0.05, 0.1) is 13.2 Å². The Morgan fingerprint density at radius 3 is 1.39 bits per heavy atom. The van der Waals surface area contributed by atoms with Crippen LogP contribution in [-0.2, 0) is 27.2 Å². The van der Waals surface area contributed by atoms with Crippen molar-refractivity contribution in [2.24, 2.45) is 0 Å². The fourth-order valence-electron chi connectivity index (χ4n) is 0.900. The SMILES string of the molecule is CCOP(=O)(OC)SCCSP(=O)(OC)OCC. The Balaban J connectivity index is 4.04. The maximum atomic E-state index is 11.9. The van der Waals surface area contributed by atoms with E-state index in [-0.39, 0.29) is 0 Å². The van der Waals surface area contributed by atoms with E-state index in [1.165, 1.54) is 14.2 Å². The fraction of sp³-hybridized carbons (Fsp3) is 1.00. The minimum Gasteiger partial charge on any atom is -0.304 e. The highest BCUT2D eigenvalue weighted by Gasteiger charge is 2.26. The summed E-state index contributed by atoms with van der Waals surface area (Å²) in [6.07, 6.45) is 0. The van der Waals surface area contributed by atoms with Gasteiger partial charge in [0.15, 0.2) is 0 Å². The van der Waals surface area contributed by atoms with Gasteiger partial charge in [0.1, 0.15) is 0 Å². The molecular weight excluding hydrogens is 318 g/mol. The molecule has 0 aliphatic rings. The van der Waals surface area contributed by atoms with Crippen LogP contribution in [0.15, 0.2) is 0 Å². The third-order valence-electron chi connectivity index (χ3n) is 1.60. The van der Waals surface area contributed by atoms with Gasteiger partial charge in [-0.25, -0.2) is 9.13 Å². The molecule has 0 radical (unpaired) electrons. The molecule has 0 aliphatic heterocycles. The third-order valence-corrected chi connectivity index (χ3v) is 9.83. The lowest BCUT2D eigenvalue weighted by atomic mass is 10.9. The molecule has 0 N–H and O–H groups in total. The molecule has 2 unspecified atom stereocenters. The van der Waals surface area contributed by atoms with E-state index in [9.17, 15) is 9.13 Å². The molecular formula is C8H20O6P2S2. The van der Waals surface area contributed by atoms with Crippen molar-refractivity contribution in [3.63, 3.8) is 0 Å². The van der Waals surface area contributed by atoms with Gasteiger partial charge in [-0.15, -0.1) is 0 Å². The lowest BCUT2D eigenvalue weighted by Crippen LogP contribution is -1.94. The summed E-state index contributed by atoms with van der Waals surface area (Å²) in [6, 6.07) is 0. The Kier molecular flexibility index (Phi) is 10.4. The summed E-state index contributed by atoms with van der Waals surface area (Å²) >= 11 is 2.15. The summed E-state index contributed by atoms with van der Waals surface area (Å²) in [4.78, 5) is 0. The highest BCUT2D eigenvalue weighted by molar-refractivity contribution is 8.57. The van der Waals surface area contributed by atoms with E-state index in [1.54, 1.807) is 13.8 Å². The van der Waals surface area contributed by atoms with Crippen LogP contribution in [0.1, 0.15) is 13.8 Å².